The Morgan fingerprint density at radius 3 is 2.24 bits per heavy atom. The van der Waals surface area contributed by atoms with E-state index in [1.54, 1.807) is 12.1 Å². The number of amides is 2. The molecular formula is C28H34N2O3. The molecule has 0 unspecified atom stereocenters. The van der Waals surface area contributed by atoms with Crippen LogP contribution in [-0.4, -0.2) is 54.9 Å². The predicted molar refractivity (Wildman–Crippen MR) is 129 cm³/mol. The third-order valence-electron chi connectivity index (χ3n) is 7.73. The van der Waals surface area contributed by atoms with E-state index >= 15 is 0 Å². The highest BCUT2D eigenvalue weighted by Gasteiger charge is 2.34. The number of fused-ring (bicyclic) bond motifs is 2. The summed E-state index contributed by atoms with van der Waals surface area (Å²) in [5.41, 5.74) is 5.43. The van der Waals surface area contributed by atoms with Gasteiger partial charge in [0.1, 0.15) is 5.75 Å². The van der Waals surface area contributed by atoms with Gasteiger partial charge in [0, 0.05) is 6.54 Å². The fourth-order valence-corrected chi connectivity index (χ4v) is 5.89. The number of aryl methyl sites for hydroxylation is 1. The second-order valence-corrected chi connectivity index (χ2v) is 9.66. The van der Waals surface area contributed by atoms with Crippen molar-refractivity contribution in [3.63, 3.8) is 0 Å². The van der Waals surface area contributed by atoms with Gasteiger partial charge in [-0.15, -0.1) is 0 Å². The van der Waals surface area contributed by atoms with E-state index in [-0.39, 0.29) is 11.8 Å². The van der Waals surface area contributed by atoms with Crippen LogP contribution < -0.4 is 4.74 Å². The maximum atomic E-state index is 12.5. The molecule has 5 rings (SSSR count). The number of carbonyl (C=O) groups is 2. The number of ether oxygens (including phenoxy) is 1. The van der Waals surface area contributed by atoms with Crippen molar-refractivity contribution in [2.45, 2.75) is 57.3 Å². The van der Waals surface area contributed by atoms with Crippen molar-refractivity contribution >= 4 is 11.8 Å². The molecule has 1 fully saturated rings. The minimum absolute atomic E-state index is 0.143. The summed E-state index contributed by atoms with van der Waals surface area (Å²) >= 11 is 0. The number of hydrogen-bond acceptors (Lipinski definition) is 4. The molecule has 5 heteroatoms. The lowest BCUT2D eigenvalue weighted by Gasteiger charge is -2.33. The number of rotatable bonds is 7. The number of carbonyl (C=O) groups excluding carboxylic acids is 2. The van der Waals surface area contributed by atoms with Gasteiger partial charge in [-0.3, -0.25) is 14.5 Å². The maximum Gasteiger partial charge on any atom is 0.261 e. The molecule has 0 atom stereocenters. The quantitative estimate of drug-likeness (QED) is 0.452. The molecule has 2 heterocycles. The van der Waals surface area contributed by atoms with Crippen molar-refractivity contribution in [1.29, 1.82) is 0 Å². The largest absolute Gasteiger partial charge is 0.496 e. The van der Waals surface area contributed by atoms with Crippen molar-refractivity contribution in [3.8, 4) is 5.75 Å². The molecule has 0 spiro atoms. The second kappa shape index (κ2) is 9.68. The molecular weight excluding hydrogens is 412 g/mol. The standard InChI is InChI=1S/C28H34N2O3/c1-33-26-22-9-3-2-8-20(22)12-13-23(26)21-14-18-29(19-15-21)16-6-7-17-30-27(31)24-10-4-5-11-25(24)28(30)32/h4-5,10-13,21H,2-3,6-9,14-19H2,1H3. The number of unbranched alkanes of at least 4 members (excludes halogenated alkanes) is 1. The number of benzene rings is 2. The van der Waals surface area contributed by atoms with Crippen LogP contribution >= 0.6 is 0 Å². The van der Waals surface area contributed by atoms with Gasteiger partial charge in [0.25, 0.3) is 11.8 Å². The summed E-state index contributed by atoms with van der Waals surface area (Å²) in [4.78, 5) is 28.9. The molecule has 3 aliphatic rings. The number of methoxy groups -OCH3 is 1. The third kappa shape index (κ3) is 4.31. The fraction of sp³-hybridized carbons (Fsp3) is 0.500. The number of piperidine rings is 1. The summed E-state index contributed by atoms with van der Waals surface area (Å²) in [7, 11) is 1.83. The first-order chi connectivity index (χ1) is 16.2. The van der Waals surface area contributed by atoms with Crippen LogP contribution in [-0.2, 0) is 12.8 Å². The Hall–Kier alpha value is -2.66. The average Bonchev–Trinajstić information content (AvgIpc) is 3.11. The van der Waals surface area contributed by atoms with Crippen LogP contribution in [0.5, 0.6) is 5.75 Å². The Morgan fingerprint density at radius 2 is 1.55 bits per heavy atom. The molecule has 1 saturated heterocycles. The van der Waals surface area contributed by atoms with Crippen LogP contribution in [0.15, 0.2) is 36.4 Å². The number of hydrogen-bond donors (Lipinski definition) is 0. The summed E-state index contributed by atoms with van der Waals surface area (Å²) in [6.07, 6.45) is 9.07. The molecule has 174 valence electrons. The Kier molecular flexibility index (Phi) is 6.50. The molecule has 1 aliphatic carbocycles. The van der Waals surface area contributed by atoms with E-state index in [9.17, 15) is 9.59 Å². The third-order valence-corrected chi connectivity index (χ3v) is 7.73. The zero-order valence-electron chi connectivity index (χ0n) is 19.6. The number of likely N-dealkylation sites (tertiary alicyclic amines) is 1. The first kappa shape index (κ1) is 22.1. The highest BCUT2D eigenvalue weighted by atomic mass is 16.5. The minimum atomic E-state index is -0.143. The molecule has 5 nitrogen and oxygen atoms in total. The minimum Gasteiger partial charge on any atom is -0.496 e. The summed E-state index contributed by atoms with van der Waals surface area (Å²) in [5.74, 6) is 1.44. The van der Waals surface area contributed by atoms with Crippen molar-refractivity contribution in [2.75, 3.05) is 33.3 Å². The van der Waals surface area contributed by atoms with Gasteiger partial charge in [0.05, 0.1) is 18.2 Å². The second-order valence-electron chi connectivity index (χ2n) is 9.66. The van der Waals surface area contributed by atoms with Crippen molar-refractivity contribution in [2.24, 2.45) is 0 Å². The van der Waals surface area contributed by atoms with Crippen LogP contribution in [0.3, 0.4) is 0 Å². The first-order valence-electron chi connectivity index (χ1n) is 12.5. The monoisotopic (exact) mass is 446 g/mol. The SMILES string of the molecule is COc1c(C2CCN(CCCCN3C(=O)c4ccccc4C3=O)CC2)ccc2c1CCCC2. The summed E-state index contributed by atoms with van der Waals surface area (Å²) in [5, 5.41) is 0. The van der Waals surface area contributed by atoms with E-state index in [4.69, 9.17) is 4.74 Å². The van der Waals surface area contributed by atoms with Gasteiger partial charge in [-0.1, -0.05) is 24.3 Å². The Labute approximate surface area is 196 Å². The molecule has 0 N–H and O–H groups in total. The van der Waals surface area contributed by atoms with Gasteiger partial charge in [-0.25, -0.2) is 0 Å². The first-order valence-corrected chi connectivity index (χ1v) is 12.5. The van der Waals surface area contributed by atoms with Crippen molar-refractivity contribution in [3.05, 3.63) is 64.2 Å². The van der Waals surface area contributed by atoms with Crippen molar-refractivity contribution in [1.82, 2.24) is 9.80 Å². The summed E-state index contributed by atoms with van der Waals surface area (Å²) in [6, 6.07) is 11.8. The van der Waals surface area contributed by atoms with E-state index in [2.05, 4.69) is 17.0 Å². The molecule has 0 saturated carbocycles. The normalized spacial score (nSPS) is 19.0. The smallest absolute Gasteiger partial charge is 0.261 e. The lowest BCUT2D eigenvalue weighted by molar-refractivity contribution is 0.0649. The van der Waals surface area contributed by atoms with E-state index in [0.29, 0.717) is 23.6 Å². The highest BCUT2D eigenvalue weighted by Crippen LogP contribution is 2.40. The predicted octanol–water partition coefficient (Wildman–Crippen LogP) is 4.83. The maximum absolute atomic E-state index is 12.5. The van der Waals surface area contributed by atoms with E-state index in [0.717, 1.165) is 57.5 Å². The fourth-order valence-electron chi connectivity index (χ4n) is 5.89. The van der Waals surface area contributed by atoms with Gasteiger partial charge in [-0.2, -0.15) is 0 Å². The summed E-state index contributed by atoms with van der Waals surface area (Å²) < 4.78 is 5.92. The van der Waals surface area contributed by atoms with Crippen LogP contribution in [0.1, 0.15) is 81.8 Å². The number of imide groups is 1. The van der Waals surface area contributed by atoms with Gasteiger partial charge < -0.3 is 9.64 Å². The lowest BCUT2D eigenvalue weighted by Crippen LogP contribution is -2.35. The lowest BCUT2D eigenvalue weighted by atomic mass is 9.83. The Morgan fingerprint density at radius 1 is 0.879 bits per heavy atom. The average molecular weight is 447 g/mol. The molecule has 0 radical (unpaired) electrons. The molecule has 0 aromatic heterocycles. The molecule has 0 bridgehead atoms. The zero-order chi connectivity index (χ0) is 22.8. The Bertz CT molecular complexity index is 1000. The van der Waals surface area contributed by atoms with Crippen LogP contribution in [0, 0.1) is 0 Å². The molecule has 2 aliphatic heterocycles. The van der Waals surface area contributed by atoms with Gasteiger partial charge in [0.15, 0.2) is 0 Å². The topological polar surface area (TPSA) is 49.9 Å². The van der Waals surface area contributed by atoms with E-state index in [1.807, 2.05) is 19.2 Å². The van der Waals surface area contributed by atoms with E-state index in [1.165, 1.54) is 40.9 Å². The van der Waals surface area contributed by atoms with E-state index < -0.39 is 0 Å². The van der Waals surface area contributed by atoms with Crippen LogP contribution in [0.25, 0.3) is 0 Å². The van der Waals surface area contributed by atoms with Crippen molar-refractivity contribution < 1.29 is 14.3 Å². The van der Waals surface area contributed by atoms with Gasteiger partial charge in [-0.05, 0) is 106 Å². The molecule has 2 aromatic carbocycles. The highest BCUT2D eigenvalue weighted by molar-refractivity contribution is 6.21. The number of nitrogens with zero attached hydrogens (tertiary/aromatic N) is 2. The van der Waals surface area contributed by atoms with Crippen LogP contribution in [0.2, 0.25) is 0 Å². The Balaban J connectivity index is 1.10. The van der Waals surface area contributed by atoms with Crippen LogP contribution in [0.4, 0.5) is 0 Å². The van der Waals surface area contributed by atoms with Gasteiger partial charge in [0.2, 0.25) is 0 Å². The molecule has 2 aromatic rings. The van der Waals surface area contributed by atoms with Gasteiger partial charge >= 0.3 is 0 Å². The molecule has 33 heavy (non-hydrogen) atoms. The summed E-state index contributed by atoms with van der Waals surface area (Å²) in [6.45, 7) is 3.72. The zero-order valence-corrected chi connectivity index (χ0v) is 19.6. The molecule has 2 amide bonds.